The summed E-state index contributed by atoms with van der Waals surface area (Å²) >= 11 is 4.71. The Labute approximate surface area is 118 Å². The number of rotatable bonds is 4. The minimum absolute atomic E-state index is 0.182. The molecule has 0 spiro atoms. The number of benzene rings is 2. The van der Waals surface area contributed by atoms with Crippen molar-refractivity contribution in [1.29, 1.82) is 0 Å². The van der Waals surface area contributed by atoms with Crippen LogP contribution >= 0.6 is 12.2 Å². The molecular weight excluding hydrogens is 254 g/mol. The lowest BCUT2D eigenvalue weighted by Gasteiger charge is -2.11. The van der Waals surface area contributed by atoms with Gasteiger partial charge >= 0.3 is 0 Å². The first-order valence-electron chi connectivity index (χ1n) is 5.83. The van der Waals surface area contributed by atoms with Crippen LogP contribution in [0.3, 0.4) is 0 Å². The van der Waals surface area contributed by atoms with Crippen molar-refractivity contribution in [3.8, 4) is 11.1 Å². The van der Waals surface area contributed by atoms with E-state index in [1.54, 1.807) is 0 Å². The van der Waals surface area contributed by atoms with Gasteiger partial charge in [0.1, 0.15) is 0 Å². The fourth-order valence-corrected chi connectivity index (χ4v) is 1.75. The number of hydrazine groups is 1. The topological polar surface area (TPSA) is 50.1 Å². The third kappa shape index (κ3) is 3.56. The molecule has 0 heterocycles. The fraction of sp³-hybridized carbons (Fsp3) is 0. The van der Waals surface area contributed by atoms with Crippen LogP contribution in [0.25, 0.3) is 16.8 Å². The summed E-state index contributed by atoms with van der Waals surface area (Å²) in [5, 5.41) is 0.182. The molecule has 4 N–H and O–H groups in total. The molecule has 0 radical (unpaired) electrons. The van der Waals surface area contributed by atoms with Crippen LogP contribution in [0.1, 0.15) is 5.56 Å². The first kappa shape index (κ1) is 13.1. The van der Waals surface area contributed by atoms with E-state index < -0.39 is 0 Å². The van der Waals surface area contributed by atoms with Gasteiger partial charge in [0.25, 0.3) is 0 Å². The van der Waals surface area contributed by atoms with Crippen LogP contribution in [-0.4, -0.2) is 5.11 Å². The molecular formula is C15H15N3S. The fourth-order valence-electron chi connectivity index (χ4n) is 1.70. The smallest absolute Gasteiger partial charge is 0.182 e. The monoisotopic (exact) mass is 269 g/mol. The molecule has 4 heteroatoms. The molecule has 2 aromatic rings. The number of hydrogen-bond donors (Lipinski definition) is 3. The molecule has 0 amide bonds. The molecule has 3 nitrogen and oxygen atoms in total. The summed E-state index contributed by atoms with van der Waals surface area (Å²) in [6.45, 7) is 3.91. The molecule has 0 atom stereocenters. The van der Waals surface area contributed by atoms with E-state index >= 15 is 0 Å². The zero-order valence-electron chi connectivity index (χ0n) is 10.4. The average molecular weight is 269 g/mol. The van der Waals surface area contributed by atoms with Crippen LogP contribution in [0.4, 0.5) is 0 Å². The summed E-state index contributed by atoms with van der Waals surface area (Å²) in [5.74, 6) is 0. The lowest BCUT2D eigenvalue weighted by molar-refractivity contribution is 0.846. The highest BCUT2D eigenvalue weighted by atomic mass is 32.1. The Morgan fingerprint density at radius 3 is 2.05 bits per heavy atom. The van der Waals surface area contributed by atoms with E-state index in [4.69, 9.17) is 18.0 Å². The number of nitrogens with one attached hydrogen (secondary N) is 2. The molecule has 0 aromatic heterocycles. The van der Waals surface area contributed by atoms with E-state index in [9.17, 15) is 0 Å². The minimum Gasteiger partial charge on any atom is -0.375 e. The zero-order chi connectivity index (χ0) is 13.7. The van der Waals surface area contributed by atoms with E-state index in [2.05, 4.69) is 41.7 Å². The number of thiocarbonyl (C=S) groups is 1. The largest absolute Gasteiger partial charge is 0.375 e. The maximum Gasteiger partial charge on any atom is 0.182 e. The second-order valence-electron chi connectivity index (χ2n) is 4.04. The van der Waals surface area contributed by atoms with E-state index in [-0.39, 0.29) is 5.11 Å². The maximum atomic E-state index is 5.34. The number of nitrogens with two attached hydrogens (primary N) is 1. The first-order valence-corrected chi connectivity index (χ1v) is 6.24. The predicted molar refractivity (Wildman–Crippen MR) is 84.0 cm³/mol. The highest BCUT2D eigenvalue weighted by Gasteiger charge is 2.00. The molecule has 0 saturated carbocycles. The Kier molecular flexibility index (Phi) is 4.15. The maximum absolute atomic E-state index is 5.34. The van der Waals surface area contributed by atoms with Gasteiger partial charge in [0.05, 0.1) is 5.70 Å². The van der Waals surface area contributed by atoms with Gasteiger partial charge in [0, 0.05) is 0 Å². The van der Waals surface area contributed by atoms with Gasteiger partial charge in [0.15, 0.2) is 5.11 Å². The summed E-state index contributed by atoms with van der Waals surface area (Å²) in [6, 6.07) is 18.3. The zero-order valence-corrected chi connectivity index (χ0v) is 11.2. The molecule has 0 bridgehead atoms. The van der Waals surface area contributed by atoms with Gasteiger partial charge in [-0.1, -0.05) is 61.2 Å². The van der Waals surface area contributed by atoms with E-state index in [0.717, 1.165) is 5.56 Å². The van der Waals surface area contributed by atoms with Crippen LogP contribution in [0.15, 0.2) is 61.2 Å². The molecule has 0 aliphatic rings. The number of hydrogen-bond acceptors (Lipinski definition) is 2. The summed E-state index contributed by atoms with van der Waals surface area (Å²) < 4.78 is 0. The van der Waals surface area contributed by atoms with Gasteiger partial charge in [-0.05, 0) is 28.9 Å². The molecule has 0 unspecified atom stereocenters. The molecule has 19 heavy (non-hydrogen) atoms. The summed E-state index contributed by atoms with van der Waals surface area (Å²) in [5.41, 5.74) is 14.9. The third-order valence-electron chi connectivity index (χ3n) is 2.68. The normalized spacial score (nSPS) is 9.68. The van der Waals surface area contributed by atoms with Crippen molar-refractivity contribution in [1.82, 2.24) is 10.9 Å². The van der Waals surface area contributed by atoms with E-state index in [0.29, 0.717) is 5.70 Å². The van der Waals surface area contributed by atoms with E-state index in [1.165, 1.54) is 11.1 Å². The molecule has 2 aromatic carbocycles. The predicted octanol–water partition coefficient (Wildman–Crippen LogP) is 2.66. The van der Waals surface area contributed by atoms with Gasteiger partial charge in [-0.15, -0.1) is 0 Å². The Morgan fingerprint density at radius 1 is 0.895 bits per heavy atom. The van der Waals surface area contributed by atoms with Crippen LogP contribution < -0.4 is 16.6 Å². The Balaban J connectivity index is 2.10. The molecule has 0 saturated heterocycles. The van der Waals surface area contributed by atoms with Crippen molar-refractivity contribution >= 4 is 23.0 Å². The van der Waals surface area contributed by atoms with Gasteiger partial charge in [-0.3, -0.25) is 10.9 Å². The van der Waals surface area contributed by atoms with Crippen LogP contribution in [0.2, 0.25) is 0 Å². The van der Waals surface area contributed by atoms with Crippen LogP contribution in [-0.2, 0) is 0 Å². The lowest BCUT2D eigenvalue weighted by atomic mass is 10.0. The third-order valence-corrected chi connectivity index (χ3v) is 2.78. The Morgan fingerprint density at radius 2 is 1.47 bits per heavy atom. The van der Waals surface area contributed by atoms with Crippen LogP contribution in [0, 0.1) is 0 Å². The molecule has 0 aliphatic heterocycles. The van der Waals surface area contributed by atoms with Gasteiger partial charge in [-0.2, -0.15) is 0 Å². The van der Waals surface area contributed by atoms with Crippen molar-refractivity contribution in [2.45, 2.75) is 0 Å². The molecule has 2 rings (SSSR count). The summed E-state index contributed by atoms with van der Waals surface area (Å²) in [6.07, 6.45) is 0. The molecule has 0 fully saturated rings. The minimum atomic E-state index is 0.182. The second-order valence-corrected chi connectivity index (χ2v) is 4.48. The van der Waals surface area contributed by atoms with Gasteiger partial charge < -0.3 is 5.73 Å². The standard InChI is InChI=1S/C15H15N3S/c1-11(17-18-15(16)19)12-7-9-14(10-8-12)13-5-3-2-4-6-13/h2-10,17H,1H2,(H3,16,18,19). The van der Waals surface area contributed by atoms with Crippen molar-refractivity contribution in [3.63, 3.8) is 0 Å². The quantitative estimate of drug-likeness (QED) is 0.590. The highest BCUT2D eigenvalue weighted by molar-refractivity contribution is 7.80. The second kappa shape index (κ2) is 6.02. The summed E-state index contributed by atoms with van der Waals surface area (Å²) in [7, 11) is 0. The van der Waals surface area contributed by atoms with Gasteiger partial charge in [0.2, 0.25) is 0 Å². The highest BCUT2D eigenvalue weighted by Crippen LogP contribution is 2.20. The Bertz CT molecular complexity index is 576. The average Bonchev–Trinajstić information content (AvgIpc) is 2.46. The first-order chi connectivity index (χ1) is 9.16. The summed E-state index contributed by atoms with van der Waals surface area (Å²) in [4.78, 5) is 0. The SMILES string of the molecule is C=C(NNC(N)=S)c1ccc(-c2ccccc2)cc1. The van der Waals surface area contributed by atoms with Crippen molar-refractivity contribution in [2.24, 2.45) is 5.73 Å². The van der Waals surface area contributed by atoms with Crippen LogP contribution in [0.5, 0.6) is 0 Å². The molecule has 96 valence electrons. The Hall–Kier alpha value is -2.33. The van der Waals surface area contributed by atoms with Crippen molar-refractivity contribution in [2.75, 3.05) is 0 Å². The van der Waals surface area contributed by atoms with E-state index in [1.807, 2.05) is 30.3 Å². The lowest BCUT2D eigenvalue weighted by Crippen LogP contribution is -2.39. The van der Waals surface area contributed by atoms with Gasteiger partial charge in [-0.25, -0.2) is 0 Å². The molecule has 0 aliphatic carbocycles. The van der Waals surface area contributed by atoms with Crippen molar-refractivity contribution < 1.29 is 0 Å². The van der Waals surface area contributed by atoms with Crippen molar-refractivity contribution in [3.05, 3.63) is 66.7 Å².